The molecule has 0 aliphatic heterocycles. The molecule has 1 atom stereocenters. The Morgan fingerprint density at radius 2 is 2.32 bits per heavy atom. The van der Waals surface area contributed by atoms with Crippen LogP contribution in [0, 0.1) is 6.92 Å². The van der Waals surface area contributed by atoms with Gasteiger partial charge in [0.05, 0.1) is 6.61 Å². The van der Waals surface area contributed by atoms with Crippen LogP contribution in [0.3, 0.4) is 0 Å². The smallest absolute Gasteiger partial charge is 0.323 e. The average Bonchev–Trinajstić information content (AvgIpc) is 2.79. The van der Waals surface area contributed by atoms with E-state index in [4.69, 9.17) is 4.74 Å². The Kier molecular flexibility index (Phi) is 7.50. The fourth-order valence-electron chi connectivity index (χ4n) is 1.52. The highest BCUT2D eigenvalue weighted by Gasteiger charge is 2.18. The van der Waals surface area contributed by atoms with Crippen molar-refractivity contribution < 1.29 is 9.53 Å². The Bertz CT molecular complexity index is 384. The summed E-state index contributed by atoms with van der Waals surface area (Å²) in [5.41, 5.74) is 0. The molecule has 1 unspecified atom stereocenters. The number of ether oxygens (including phenoxy) is 1. The van der Waals surface area contributed by atoms with Gasteiger partial charge in [-0.15, -0.1) is 5.10 Å². The van der Waals surface area contributed by atoms with Gasteiger partial charge in [0.1, 0.15) is 11.9 Å². The van der Waals surface area contributed by atoms with Crippen molar-refractivity contribution in [3.05, 3.63) is 5.82 Å². The summed E-state index contributed by atoms with van der Waals surface area (Å²) in [5, 5.41) is 10.8. The largest absolute Gasteiger partial charge is 0.465 e. The summed E-state index contributed by atoms with van der Waals surface area (Å²) in [6.45, 7) is 6.98. The zero-order valence-electron chi connectivity index (χ0n) is 11.7. The summed E-state index contributed by atoms with van der Waals surface area (Å²) >= 11 is 1.54. The van der Waals surface area contributed by atoms with E-state index in [1.165, 1.54) is 11.8 Å². The number of nitrogens with one attached hydrogen (secondary N) is 2. The van der Waals surface area contributed by atoms with Gasteiger partial charge < -0.3 is 10.1 Å². The lowest BCUT2D eigenvalue weighted by Crippen LogP contribution is -2.39. The van der Waals surface area contributed by atoms with Crippen molar-refractivity contribution in [2.45, 2.75) is 44.8 Å². The van der Waals surface area contributed by atoms with Gasteiger partial charge in [0.2, 0.25) is 5.16 Å². The molecule has 19 heavy (non-hydrogen) atoms. The van der Waals surface area contributed by atoms with Gasteiger partial charge in [0, 0.05) is 5.75 Å². The number of esters is 1. The minimum atomic E-state index is -0.243. The van der Waals surface area contributed by atoms with Gasteiger partial charge in [-0.1, -0.05) is 18.7 Å². The number of nitrogens with zero attached hydrogens (tertiary/aromatic N) is 2. The van der Waals surface area contributed by atoms with Crippen LogP contribution in [0.1, 0.15) is 32.5 Å². The molecule has 0 radical (unpaired) electrons. The summed E-state index contributed by atoms with van der Waals surface area (Å²) in [4.78, 5) is 16.0. The van der Waals surface area contributed by atoms with Crippen molar-refractivity contribution in [1.29, 1.82) is 0 Å². The van der Waals surface area contributed by atoms with Crippen molar-refractivity contribution in [3.63, 3.8) is 0 Å². The molecule has 1 aromatic rings. The maximum absolute atomic E-state index is 11.8. The van der Waals surface area contributed by atoms with Crippen LogP contribution in [-0.4, -0.2) is 46.1 Å². The van der Waals surface area contributed by atoms with Gasteiger partial charge in [-0.2, -0.15) is 0 Å². The van der Waals surface area contributed by atoms with E-state index < -0.39 is 0 Å². The molecule has 108 valence electrons. The molecule has 0 spiro atoms. The summed E-state index contributed by atoms with van der Waals surface area (Å²) in [7, 11) is 0. The second kappa shape index (κ2) is 8.92. The number of carbonyl (C=O) groups is 1. The van der Waals surface area contributed by atoms with Crippen molar-refractivity contribution in [1.82, 2.24) is 20.5 Å². The summed E-state index contributed by atoms with van der Waals surface area (Å²) in [5.74, 6) is 1.40. The summed E-state index contributed by atoms with van der Waals surface area (Å²) in [6, 6.07) is -0.243. The average molecular weight is 286 g/mol. The molecule has 0 saturated heterocycles. The van der Waals surface area contributed by atoms with Crippen molar-refractivity contribution in [3.8, 4) is 0 Å². The van der Waals surface area contributed by atoms with Crippen LogP contribution in [0.5, 0.6) is 0 Å². The Morgan fingerprint density at radius 1 is 1.53 bits per heavy atom. The molecule has 0 saturated carbocycles. The van der Waals surface area contributed by atoms with Gasteiger partial charge in [-0.3, -0.25) is 9.89 Å². The van der Waals surface area contributed by atoms with E-state index in [1.54, 1.807) is 0 Å². The molecule has 1 heterocycles. The third-order valence-electron chi connectivity index (χ3n) is 2.43. The van der Waals surface area contributed by atoms with E-state index in [-0.39, 0.29) is 12.0 Å². The van der Waals surface area contributed by atoms with Crippen LogP contribution in [0.4, 0.5) is 0 Å². The fourth-order valence-corrected chi connectivity index (χ4v) is 2.37. The first-order chi connectivity index (χ1) is 9.17. The zero-order chi connectivity index (χ0) is 14.1. The molecule has 6 nitrogen and oxygen atoms in total. The van der Waals surface area contributed by atoms with Crippen LogP contribution < -0.4 is 5.32 Å². The van der Waals surface area contributed by atoms with E-state index in [1.807, 2.05) is 13.8 Å². The Labute approximate surface area is 118 Å². The quantitative estimate of drug-likeness (QED) is 0.529. The van der Waals surface area contributed by atoms with Gasteiger partial charge >= 0.3 is 5.97 Å². The standard InChI is InChI=1S/C12H22N4O2S/c1-4-7-13-10(11(17)18-5-2)6-8-19-12-14-9(3)15-16-12/h10,13H,4-8H2,1-3H3,(H,14,15,16). The van der Waals surface area contributed by atoms with E-state index in [0.717, 1.165) is 29.7 Å². The van der Waals surface area contributed by atoms with Crippen molar-refractivity contribution >= 4 is 17.7 Å². The van der Waals surface area contributed by atoms with Gasteiger partial charge in [-0.05, 0) is 33.2 Å². The molecule has 7 heteroatoms. The Morgan fingerprint density at radius 3 is 2.89 bits per heavy atom. The lowest BCUT2D eigenvalue weighted by Gasteiger charge is -2.16. The predicted octanol–water partition coefficient (Wildman–Crippen LogP) is 1.53. The monoisotopic (exact) mass is 286 g/mol. The molecular formula is C12H22N4O2S. The van der Waals surface area contributed by atoms with E-state index in [9.17, 15) is 4.79 Å². The maximum atomic E-state index is 11.8. The van der Waals surface area contributed by atoms with Crippen LogP contribution in [-0.2, 0) is 9.53 Å². The van der Waals surface area contributed by atoms with E-state index in [2.05, 4.69) is 27.4 Å². The molecule has 1 rings (SSSR count). The van der Waals surface area contributed by atoms with Crippen LogP contribution in [0.25, 0.3) is 0 Å². The zero-order valence-corrected chi connectivity index (χ0v) is 12.5. The lowest BCUT2D eigenvalue weighted by molar-refractivity contribution is -0.145. The molecule has 0 bridgehead atoms. The summed E-state index contributed by atoms with van der Waals surface area (Å²) < 4.78 is 5.06. The molecule has 0 fully saturated rings. The molecule has 0 aliphatic carbocycles. The van der Waals surface area contributed by atoms with Crippen LogP contribution in [0.15, 0.2) is 5.16 Å². The highest BCUT2D eigenvalue weighted by molar-refractivity contribution is 7.99. The Hall–Kier alpha value is -1.08. The minimum Gasteiger partial charge on any atom is -0.465 e. The number of hydrogen-bond acceptors (Lipinski definition) is 6. The maximum Gasteiger partial charge on any atom is 0.323 e. The van der Waals surface area contributed by atoms with Crippen molar-refractivity contribution in [2.24, 2.45) is 0 Å². The van der Waals surface area contributed by atoms with Gasteiger partial charge in [-0.25, -0.2) is 4.98 Å². The number of aromatic amines is 1. The fraction of sp³-hybridized carbons (Fsp3) is 0.750. The Balaban J connectivity index is 2.36. The third kappa shape index (κ3) is 6.07. The lowest BCUT2D eigenvalue weighted by atomic mass is 10.2. The number of thioether (sulfide) groups is 1. The highest BCUT2D eigenvalue weighted by Crippen LogP contribution is 2.14. The first-order valence-electron chi connectivity index (χ1n) is 6.59. The second-order valence-electron chi connectivity index (χ2n) is 4.10. The van der Waals surface area contributed by atoms with Gasteiger partial charge in [0.15, 0.2) is 0 Å². The number of H-pyrrole nitrogens is 1. The van der Waals surface area contributed by atoms with Gasteiger partial charge in [0.25, 0.3) is 0 Å². The number of aryl methyl sites for hydroxylation is 1. The normalized spacial score (nSPS) is 12.4. The SMILES string of the molecule is CCCNC(CCSc1n[nH]c(C)n1)C(=O)OCC. The number of hydrogen-bond donors (Lipinski definition) is 2. The predicted molar refractivity (Wildman–Crippen MR) is 75.2 cm³/mol. The van der Waals surface area contributed by atoms with Crippen molar-refractivity contribution in [2.75, 3.05) is 18.9 Å². The molecule has 0 aliphatic rings. The minimum absolute atomic E-state index is 0.178. The number of aromatic nitrogens is 3. The molecule has 1 aromatic heterocycles. The highest BCUT2D eigenvalue weighted by atomic mass is 32.2. The van der Waals surface area contributed by atoms with Crippen LogP contribution >= 0.6 is 11.8 Å². The first kappa shape index (κ1) is 16.0. The summed E-state index contributed by atoms with van der Waals surface area (Å²) in [6.07, 6.45) is 1.69. The molecule has 0 aromatic carbocycles. The third-order valence-corrected chi connectivity index (χ3v) is 3.31. The molecule has 0 amide bonds. The van der Waals surface area contributed by atoms with E-state index >= 15 is 0 Å². The number of rotatable bonds is 9. The second-order valence-corrected chi connectivity index (χ2v) is 5.16. The van der Waals surface area contributed by atoms with Crippen LogP contribution in [0.2, 0.25) is 0 Å². The topological polar surface area (TPSA) is 79.9 Å². The molecule has 2 N–H and O–H groups in total. The molecular weight excluding hydrogens is 264 g/mol. The van der Waals surface area contributed by atoms with E-state index in [0.29, 0.717) is 13.0 Å². The number of carbonyl (C=O) groups excluding carboxylic acids is 1. The first-order valence-corrected chi connectivity index (χ1v) is 7.57.